The van der Waals surface area contributed by atoms with Crippen molar-refractivity contribution in [3.8, 4) is 0 Å². The molecule has 0 amide bonds. The zero-order valence-electron chi connectivity index (χ0n) is 8.93. The molecule has 0 fully saturated rings. The van der Waals surface area contributed by atoms with Crippen LogP contribution in [0.3, 0.4) is 0 Å². The molecule has 0 spiro atoms. The van der Waals surface area contributed by atoms with Gasteiger partial charge in [0, 0.05) is 18.2 Å². The summed E-state index contributed by atoms with van der Waals surface area (Å²) < 4.78 is 23.1. The molecule has 3 nitrogen and oxygen atoms in total. The fourth-order valence-corrected chi connectivity index (χ4v) is 3.01. The summed E-state index contributed by atoms with van der Waals surface area (Å²) in [4.78, 5) is 12.0. The third-order valence-corrected chi connectivity index (χ3v) is 3.95. The number of sulfone groups is 1. The summed E-state index contributed by atoms with van der Waals surface area (Å²) in [5.41, 5.74) is 1.08. The molecule has 1 aromatic rings. The van der Waals surface area contributed by atoms with Crippen molar-refractivity contribution in [3.63, 3.8) is 0 Å². The van der Waals surface area contributed by atoms with Crippen LogP contribution in [0.25, 0.3) is 5.57 Å². The Hall–Kier alpha value is -1.42. The van der Waals surface area contributed by atoms with Crippen molar-refractivity contribution in [3.05, 3.63) is 40.8 Å². The van der Waals surface area contributed by atoms with Crippen molar-refractivity contribution in [1.82, 2.24) is 0 Å². The van der Waals surface area contributed by atoms with E-state index in [4.69, 9.17) is 0 Å². The maximum atomic E-state index is 11.7. The van der Waals surface area contributed by atoms with Gasteiger partial charge >= 0.3 is 0 Å². The maximum absolute atomic E-state index is 11.7. The fraction of sp³-hybridized carbons (Fsp3) is 0.250. The second kappa shape index (κ2) is 3.87. The van der Waals surface area contributed by atoms with Gasteiger partial charge in [0.05, 0.1) is 4.91 Å². The predicted octanol–water partition coefficient (Wildman–Crippen LogP) is 1.81. The second-order valence-electron chi connectivity index (χ2n) is 3.86. The van der Waals surface area contributed by atoms with Crippen LogP contribution in [0.2, 0.25) is 0 Å². The van der Waals surface area contributed by atoms with Gasteiger partial charge in [-0.2, -0.15) is 0 Å². The molecule has 16 heavy (non-hydrogen) atoms. The van der Waals surface area contributed by atoms with Crippen LogP contribution in [0.5, 0.6) is 0 Å². The first kappa shape index (κ1) is 11.1. The first-order chi connectivity index (χ1) is 7.50. The summed E-state index contributed by atoms with van der Waals surface area (Å²) in [6.45, 7) is 0. The van der Waals surface area contributed by atoms with Crippen LogP contribution in [-0.2, 0) is 14.6 Å². The number of rotatable bonds is 2. The summed E-state index contributed by atoms with van der Waals surface area (Å²) >= 11 is 0. The normalized spacial score (nSPS) is 16.9. The van der Waals surface area contributed by atoms with Gasteiger partial charge in [0.1, 0.15) is 0 Å². The number of Topliss-reactive ketones (excluding diaryl/α,β-unsaturated/α-hetero) is 1. The number of carbonyl (C=O) groups is 1. The first-order valence-corrected chi connectivity index (χ1v) is 6.91. The van der Waals surface area contributed by atoms with E-state index in [1.807, 2.05) is 6.07 Å². The molecule has 0 saturated heterocycles. The van der Waals surface area contributed by atoms with Crippen molar-refractivity contribution in [2.45, 2.75) is 12.8 Å². The van der Waals surface area contributed by atoms with E-state index in [9.17, 15) is 13.2 Å². The predicted molar refractivity (Wildman–Crippen MR) is 62.4 cm³/mol. The average molecular weight is 236 g/mol. The largest absolute Gasteiger partial charge is 0.294 e. The second-order valence-corrected chi connectivity index (χ2v) is 5.90. The zero-order chi connectivity index (χ0) is 11.8. The van der Waals surface area contributed by atoms with E-state index in [1.165, 1.54) is 0 Å². The molecule has 1 aromatic carbocycles. The first-order valence-electron chi connectivity index (χ1n) is 5.02. The van der Waals surface area contributed by atoms with Gasteiger partial charge in [0.15, 0.2) is 15.6 Å². The summed E-state index contributed by atoms with van der Waals surface area (Å²) in [6.07, 6.45) is 1.79. The lowest BCUT2D eigenvalue weighted by Gasteiger charge is -2.04. The van der Waals surface area contributed by atoms with Gasteiger partial charge < -0.3 is 0 Å². The summed E-state index contributed by atoms with van der Waals surface area (Å²) in [5.74, 6) is -0.0772. The third kappa shape index (κ3) is 1.93. The Morgan fingerprint density at radius 3 is 2.25 bits per heavy atom. The Bertz CT molecular complexity index is 553. The van der Waals surface area contributed by atoms with Gasteiger partial charge in [-0.15, -0.1) is 0 Å². The van der Waals surface area contributed by atoms with Crippen LogP contribution in [0, 0.1) is 0 Å². The Balaban J connectivity index is 2.64. The molecule has 0 unspecified atom stereocenters. The molecule has 1 aliphatic rings. The fourth-order valence-electron chi connectivity index (χ4n) is 1.93. The topological polar surface area (TPSA) is 51.2 Å². The Kier molecular flexibility index (Phi) is 2.68. The van der Waals surface area contributed by atoms with E-state index >= 15 is 0 Å². The molecular formula is C12H12O3S. The molecule has 0 aliphatic heterocycles. The van der Waals surface area contributed by atoms with Crippen molar-refractivity contribution in [1.29, 1.82) is 0 Å². The van der Waals surface area contributed by atoms with Gasteiger partial charge in [-0.1, -0.05) is 30.3 Å². The molecule has 84 valence electrons. The van der Waals surface area contributed by atoms with Crippen LogP contribution in [0.1, 0.15) is 18.4 Å². The lowest BCUT2D eigenvalue weighted by Crippen LogP contribution is -2.02. The van der Waals surface area contributed by atoms with Crippen LogP contribution in [0.15, 0.2) is 35.2 Å². The minimum atomic E-state index is -3.27. The van der Waals surface area contributed by atoms with E-state index in [1.54, 1.807) is 24.3 Å². The molecule has 0 heterocycles. The van der Waals surface area contributed by atoms with Crippen LogP contribution in [-0.4, -0.2) is 20.5 Å². The number of hydrogen-bond acceptors (Lipinski definition) is 3. The molecule has 2 rings (SSSR count). The maximum Gasteiger partial charge on any atom is 0.172 e. The number of allylic oxidation sites excluding steroid dienone is 2. The summed E-state index contributed by atoms with van der Waals surface area (Å²) in [6, 6.07) is 8.97. The lowest BCUT2D eigenvalue weighted by atomic mass is 10.1. The van der Waals surface area contributed by atoms with Crippen molar-refractivity contribution in [2.75, 3.05) is 6.26 Å². The molecular weight excluding hydrogens is 224 g/mol. The molecule has 0 aromatic heterocycles. The Morgan fingerprint density at radius 2 is 1.69 bits per heavy atom. The molecule has 1 aliphatic carbocycles. The highest BCUT2D eigenvalue weighted by Gasteiger charge is 2.29. The van der Waals surface area contributed by atoms with Crippen molar-refractivity contribution < 1.29 is 13.2 Å². The minimum Gasteiger partial charge on any atom is -0.294 e. The van der Waals surface area contributed by atoms with Crippen molar-refractivity contribution in [2.24, 2.45) is 0 Å². The zero-order valence-corrected chi connectivity index (χ0v) is 9.75. The molecule has 0 bridgehead atoms. The lowest BCUT2D eigenvalue weighted by molar-refractivity contribution is -0.113. The van der Waals surface area contributed by atoms with E-state index in [0.29, 0.717) is 24.0 Å². The number of benzene rings is 1. The third-order valence-electron chi connectivity index (χ3n) is 2.65. The van der Waals surface area contributed by atoms with Crippen LogP contribution >= 0.6 is 0 Å². The highest BCUT2D eigenvalue weighted by atomic mass is 32.2. The molecule has 0 radical (unpaired) electrons. The van der Waals surface area contributed by atoms with E-state index in [0.717, 1.165) is 6.26 Å². The standard InChI is InChI=1S/C12H12O3S/c1-16(14,15)11-8-7-10(13)12(11)9-5-3-2-4-6-9/h2-6H,7-8H2,1H3. The van der Waals surface area contributed by atoms with Crippen LogP contribution in [0.4, 0.5) is 0 Å². The highest BCUT2D eigenvalue weighted by molar-refractivity contribution is 7.94. The number of hydrogen-bond donors (Lipinski definition) is 0. The molecule has 0 saturated carbocycles. The summed E-state index contributed by atoms with van der Waals surface area (Å²) in [7, 11) is -3.27. The van der Waals surface area contributed by atoms with Crippen molar-refractivity contribution >= 4 is 21.2 Å². The van der Waals surface area contributed by atoms with E-state index in [2.05, 4.69) is 0 Å². The SMILES string of the molecule is CS(=O)(=O)C1=C(c2ccccc2)C(=O)CC1. The van der Waals surface area contributed by atoms with E-state index in [-0.39, 0.29) is 10.7 Å². The minimum absolute atomic E-state index is 0.0772. The van der Waals surface area contributed by atoms with Gasteiger partial charge in [0.25, 0.3) is 0 Å². The van der Waals surface area contributed by atoms with Gasteiger partial charge in [-0.3, -0.25) is 4.79 Å². The summed E-state index contributed by atoms with van der Waals surface area (Å²) in [5, 5.41) is 0. The number of ketones is 1. The monoisotopic (exact) mass is 236 g/mol. The number of carbonyl (C=O) groups excluding carboxylic acids is 1. The molecule has 4 heteroatoms. The smallest absolute Gasteiger partial charge is 0.172 e. The van der Waals surface area contributed by atoms with Gasteiger partial charge in [-0.05, 0) is 12.0 Å². The average Bonchev–Trinajstić information content (AvgIpc) is 2.61. The van der Waals surface area contributed by atoms with E-state index < -0.39 is 9.84 Å². The quantitative estimate of drug-likeness (QED) is 0.786. The Morgan fingerprint density at radius 1 is 1.06 bits per heavy atom. The Labute approximate surface area is 94.7 Å². The van der Waals surface area contributed by atoms with Gasteiger partial charge in [-0.25, -0.2) is 8.42 Å². The van der Waals surface area contributed by atoms with Crippen LogP contribution < -0.4 is 0 Å². The molecule has 0 atom stereocenters. The molecule has 0 N–H and O–H groups in total. The van der Waals surface area contributed by atoms with Gasteiger partial charge in [0.2, 0.25) is 0 Å². The highest BCUT2D eigenvalue weighted by Crippen LogP contribution is 2.33.